The Hall–Kier alpha value is -3.14. The third-order valence-corrected chi connectivity index (χ3v) is 7.52. The number of ether oxygens (including phenoxy) is 2. The van der Waals surface area contributed by atoms with Gasteiger partial charge < -0.3 is 23.6 Å². The number of aliphatic hydroxyl groups excluding tert-OH is 1. The molecule has 10 heteroatoms. The van der Waals surface area contributed by atoms with E-state index in [1.54, 1.807) is 0 Å². The van der Waals surface area contributed by atoms with Gasteiger partial charge in [-0.05, 0) is 22.8 Å². The number of hydrogen-bond donors (Lipinski definition) is 1. The standard InChI is InChI=1S/C30H36NO8P/c1-35-40(34,36-2)19-18-29(37-21-25-12-6-3-7-13-25)30(38-22-26-14-8-4-9-15-26)28(33)20-31(24-32)39-23-27-16-10-5-11-17-27/h3-19,24,28-30,33H,20-23H2,1-2H3/b19-18+/t28-,29-,30-/m1/s1. The fraction of sp³-hybridized carbons (Fsp3) is 0.300. The van der Waals surface area contributed by atoms with Crippen molar-refractivity contribution in [1.82, 2.24) is 5.06 Å². The lowest BCUT2D eigenvalue weighted by molar-refractivity contribution is -0.197. The molecule has 0 spiro atoms. The first-order chi connectivity index (χ1) is 19.5. The molecule has 1 amide bonds. The molecule has 0 heterocycles. The Labute approximate surface area is 235 Å². The number of carbonyl (C=O) groups is 1. The van der Waals surface area contributed by atoms with Crippen LogP contribution in [-0.4, -0.2) is 55.7 Å². The van der Waals surface area contributed by atoms with Crippen LogP contribution in [0.5, 0.6) is 0 Å². The average molecular weight is 570 g/mol. The van der Waals surface area contributed by atoms with Gasteiger partial charge in [0.05, 0.1) is 19.8 Å². The third kappa shape index (κ3) is 10.4. The first-order valence-electron chi connectivity index (χ1n) is 12.7. The molecule has 3 aromatic carbocycles. The summed E-state index contributed by atoms with van der Waals surface area (Å²) in [5.41, 5.74) is 2.62. The molecule has 0 saturated carbocycles. The Balaban J connectivity index is 1.83. The Morgan fingerprint density at radius 1 is 0.775 bits per heavy atom. The average Bonchev–Trinajstić information content (AvgIpc) is 3.01. The van der Waals surface area contributed by atoms with Gasteiger partial charge in [-0.1, -0.05) is 91.0 Å². The fourth-order valence-corrected chi connectivity index (χ4v) is 4.52. The molecular weight excluding hydrogens is 533 g/mol. The van der Waals surface area contributed by atoms with Gasteiger partial charge in [0.2, 0.25) is 6.41 Å². The van der Waals surface area contributed by atoms with Crippen LogP contribution in [0.4, 0.5) is 0 Å². The Morgan fingerprint density at radius 3 is 1.73 bits per heavy atom. The molecule has 1 N–H and O–H groups in total. The van der Waals surface area contributed by atoms with E-state index in [9.17, 15) is 14.5 Å². The van der Waals surface area contributed by atoms with Gasteiger partial charge >= 0.3 is 7.60 Å². The van der Waals surface area contributed by atoms with Gasteiger partial charge in [0.1, 0.15) is 24.9 Å². The Bertz CT molecular complexity index is 1190. The summed E-state index contributed by atoms with van der Waals surface area (Å²) in [6.07, 6.45) is -1.16. The molecule has 0 aliphatic carbocycles. The number of nitrogens with zero attached hydrogens (tertiary/aromatic N) is 1. The van der Waals surface area contributed by atoms with Crippen LogP contribution in [0.15, 0.2) is 103 Å². The number of carbonyl (C=O) groups excluding carboxylic acids is 1. The van der Waals surface area contributed by atoms with E-state index in [0.717, 1.165) is 21.8 Å². The molecule has 3 atom stereocenters. The second-order valence-corrected chi connectivity index (χ2v) is 10.9. The minimum absolute atomic E-state index is 0.139. The maximum absolute atomic E-state index is 12.8. The highest BCUT2D eigenvalue weighted by Gasteiger charge is 2.32. The molecule has 214 valence electrons. The van der Waals surface area contributed by atoms with Gasteiger partial charge in [-0.3, -0.25) is 14.2 Å². The maximum atomic E-state index is 12.8. The lowest BCUT2D eigenvalue weighted by Crippen LogP contribution is -2.46. The van der Waals surface area contributed by atoms with E-state index in [1.807, 2.05) is 91.0 Å². The second-order valence-electron chi connectivity index (χ2n) is 8.80. The molecule has 0 bridgehead atoms. The molecular formula is C30H36NO8P. The van der Waals surface area contributed by atoms with Gasteiger partial charge in [0.25, 0.3) is 0 Å². The van der Waals surface area contributed by atoms with E-state index < -0.39 is 25.9 Å². The van der Waals surface area contributed by atoms with Crippen LogP contribution >= 0.6 is 7.60 Å². The first-order valence-corrected chi connectivity index (χ1v) is 14.4. The topological polar surface area (TPSA) is 104 Å². The summed E-state index contributed by atoms with van der Waals surface area (Å²) < 4.78 is 35.2. The zero-order valence-electron chi connectivity index (χ0n) is 22.7. The van der Waals surface area contributed by atoms with E-state index in [2.05, 4.69) is 0 Å². The number of aliphatic hydroxyl groups is 1. The summed E-state index contributed by atoms with van der Waals surface area (Å²) in [5, 5.41) is 12.4. The zero-order valence-corrected chi connectivity index (χ0v) is 23.5. The molecule has 0 aromatic heterocycles. The maximum Gasteiger partial charge on any atom is 0.353 e. The summed E-state index contributed by atoms with van der Waals surface area (Å²) in [5.74, 6) is 1.28. The van der Waals surface area contributed by atoms with Crippen LogP contribution in [0.25, 0.3) is 0 Å². The highest BCUT2D eigenvalue weighted by molar-refractivity contribution is 7.57. The molecule has 3 rings (SSSR count). The monoisotopic (exact) mass is 569 g/mol. The van der Waals surface area contributed by atoms with E-state index >= 15 is 0 Å². The van der Waals surface area contributed by atoms with Gasteiger partial charge in [0.15, 0.2) is 0 Å². The highest BCUT2D eigenvalue weighted by atomic mass is 31.2. The lowest BCUT2D eigenvalue weighted by Gasteiger charge is -2.31. The van der Waals surface area contributed by atoms with Crippen molar-refractivity contribution < 1.29 is 37.8 Å². The van der Waals surface area contributed by atoms with Crippen molar-refractivity contribution in [2.24, 2.45) is 0 Å². The van der Waals surface area contributed by atoms with Crippen molar-refractivity contribution in [3.63, 3.8) is 0 Å². The van der Waals surface area contributed by atoms with Gasteiger partial charge in [-0.25, -0.2) is 5.06 Å². The number of amides is 1. The van der Waals surface area contributed by atoms with E-state index in [1.165, 1.54) is 26.1 Å². The smallest absolute Gasteiger partial charge is 0.353 e. The van der Waals surface area contributed by atoms with Crippen LogP contribution in [0.1, 0.15) is 16.7 Å². The number of hydroxylamine groups is 2. The van der Waals surface area contributed by atoms with Crippen LogP contribution in [-0.2, 0) is 52.5 Å². The van der Waals surface area contributed by atoms with Gasteiger partial charge in [0, 0.05) is 20.0 Å². The van der Waals surface area contributed by atoms with Crippen LogP contribution in [0.2, 0.25) is 0 Å². The summed E-state index contributed by atoms with van der Waals surface area (Å²) in [6, 6.07) is 28.3. The minimum atomic E-state index is -3.54. The predicted octanol–water partition coefficient (Wildman–Crippen LogP) is 5.11. The SMILES string of the molecule is COP(=O)(/C=C/[C@@H](OCc1ccccc1)[C@H](OCc1ccccc1)[C@H](O)CN(C=O)OCc1ccccc1)OC. The molecule has 40 heavy (non-hydrogen) atoms. The molecule has 0 fully saturated rings. The second kappa shape index (κ2) is 16.8. The molecule has 0 aliphatic heterocycles. The third-order valence-electron chi connectivity index (χ3n) is 5.97. The number of rotatable bonds is 18. The quantitative estimate of drug-likeness (QED) is 0.128. The predicted molar refractivity (Wildman–Crippen MR) is 151 cm³/mol. The van der Waals surface area contributed by atoms with Crippen molar-refractivity contribution in [1.29, 1.82) is 0 Å². The molecule has 0 saturated heterocycles. The summed E-state index contributed by atoms with van der Waals surface area (Å²) >= 11 is 0. The normalized spacial score (nSPS) is 14.1. The molecule has 0 unspecified atom stereocenters. The molecule has 9 nitrogen and oxygen atoms in total. The van der Waals surface area contributed by atoms with E-state index in [0.29, 0.717) is 6.41 Å². The number of hydrogen-bond acceptors (Lipinski definition) is 8. The van der Waals surface area contributed by atoms with Gasteiger partial charge in [-0.15, -0.1) is 0 Å². The van der Waals surface area contributed by atoms with Crippen LogP contribution < -0.4 is 0 Å². The number of benzene rings is 3. The summed E-state index contributed by atoms with van der Waals surface area (Å²) in [7, 11) is -0.992. The highest BCUT2D eigenvalue weighted by Crippen LogP contribution is 2.48. The lowest BCUT2D eigenvalue weighted by atomic mass is 10.1. The summed E-state index contributed by atoms with van der Waals surface area (Å²) in [6.45, 7) is 0.265. The van der Waals surface area contributed by atoms with Crippen LogP contribution in [0.3, 0.4) is 0 Å². The molecule has 0 radical (unpaired) electrons. The fourth-order valence-electron chi connectivity index (χ4n) is 3.75. The van der Waals surface area contributed by atoms with Crippen molar-refractivity contribution in [2.75, 3.05) is 20.8 Å². The van der Waals surface area contributed by atoms with E-state index in [4.69, 9.17) is 23.4 Å². The first kappa shape index (κ1) is 31.4. The largest absolute Gasteiger partial charge is 0.388 e. The summed E-state index contributed by atoms with van der Waals surface area (Å²) in [4.78, 5) is 17.4. The van der Waals surface area contributed by atoms with Crippen molar-refractivity contribution in [3.05, 3.63) is 120 Å². The molecule has 0 aliphatic rings. The van der Waals surface area contributed by atoms with Crippen molar-refractivity contribution in [3.8, 4) is 0 Å². The zero-order chi connectivity index (χ0) is 28.6. The Kier molecular flexibility index (Phi) is 13.2. The van der Waals surface area contributed by atoms with Crippen LogP contribution in [0, 0.1) is 0 Å². The molecule has 3 aromatic rings. The van der Waals surface area contributed by atoms with E-state index in [-0.39, 0.29) is 26.4 Å². The Morgan fingerprint density at radius 2 is 1.25 bits per heavy atom. The van der Waals surface area contributed by atoms with Crippen molar-refractivity contribution >= 4 is 14.0 Å². The van der Waals surface area contributed by atoms with Crippen molar-refractivity contribution in [2.45, 2.75) is 38.1 Å². The van der Waals surface area contributed by atoms with Gasteiger partial charge in [-0.2, -0.15) is 0 Å². The minimum Gasteiger partial charge on any atom is -0.388 e.